The van der Waals surface area contributed by atoms with Crippen LogP contribution >= 0.6 is 27.3 Å². The van der Waals surface area contributed by atoms with Crippen LogP contribution in [0.4, 0.5) is 4.39 Å². The maximum absolute atomic E-state index is 13.2. The maximum Gasteiger partial charge on any atom is 0.123 e. The van der Waals surface area contributed by atoms with Crippen molar-refractivity contribution in [2.75, 3.05) is 0 Å². The number of benzene rings is 2. The average Bonchev–Trinajstić information content (AvgIpc) is 2.84. The Kier molecular flexibility index (Phi) is 3.87. The summed E-state index contributed by atoms with van der Waals surface area (Å²) < 4.78 is 15.4. The lowest BCUT2D eigenvalue weighted by atomic mass is 10.1. The van der Waals surface area contributed by atoms with Crippen LogP contribution in [0.3, 0.4) is 0 Å². The molecule has 3 rings (SSSR count). The summed E-state index contributed by atoms with van der Waals surface area (Å²) in [5.41, 5.74) is 7.48. The summed E-state index contributed by atoms with van der Waals surface area (Å²) in [5, 5.41) is 0.924. The molecule has 2 N–H and O–H groups in total. The van der Waals surface area contributed by atoms with Gasteiger partial charge in [0.1, 0.15) is 5.82 Å². The van der Waals surface area contributed by atoms with Gasteiger partial charge in [0.05, 0.1) is 0 Å². The summed E-state index contributed by atoms with van der Waals surface area (Å²) in [7, 11) is 0. The quantitative estimate of drug-likeness (QED) is 0.703. The predicted molar refractivity (Wildman–Crippen MR) is 86.6 cm³/mol. The third kappa shape index (κ3) is 2.77. The topological polar surface area (TPSA) is 26.0 Å². The zero-order valence-electron chi connectivity index (χ0n) is 10.6. The molecular formula is C16H13BrFNS. The lowest BCUT2D eigenvalue weighted by molar-refractivity contribution is 0.630. The molecule has 0 aliphatic carbocycles. The smallest absolute Gasteiger partial charge is 0.123 e. The fourth-order valence-corrected chi connectivity index (χ4v) is 3.71. The van der Waals surface area contributed by atoms with E-state index in [0.29, 0.717) is 0 Å². The molecule has 4 heteroatoms. The van der Waals surface area contributed by atoms with Crippen molar-refractivity contribution in [2.24, 2.45) is 5.73 Å². The van der Waals surface area contributed by atoms with E-state index in [-0.39, 0.29) is 11.9 Å². The molecule has 0 amide bonds. The van der Waals surface area contributed by atoms with Gasteiger partial charge >= 0.3 is 0 Å². The summed E-state index contributed by atoms with van der Waals surface area (Å²) in [4.78, 5) is 1.08. The Morgan fingerprint density at radius 1 is 1.15 bits per heavy atom. The summed E-state index contributed by atoms with van der Waals surface area (Å²) in [6.07, 6.45) is 0.761. The molecule has 1 unspecified atom stereocenters. The van der Waals surface area contributed by atoms with E-state index in [0.717, 1.165) is 25.9 Å². The highest BCUT2D eigenvalue weighted by molar-refractivity contribution is 9.10. The zero-order valence-corrected chi connectivity index (χ0v) is 13.0. The van der Waals surface area contributed by atoms with Crippen molar-refractivity contribution in [3.05, 3.63) is 69.3 Å². The molecule has 2 aromatic carbocycles. The Morgan fingerprint density at radius 2 is 1.95 bits per heavy atom. The highest BCUT2D eigenvalue weighted by Gasteiger charge is 2.12. The van der Waals surface area contributed by atoms with E-state index in [2.05, 4.69) is 22.0 Å². The molecule has 0 fully saturated rings. The SMILES string of the molecule is NC(Cc1ccccc1Br)c1cc2cc(F)ccc2s1. The first kappa shape index (κ1) is 13.7. The summed E-state index contributed by atoms with van der Waals surface area (Å²) in [6, 6.07) is 14.8. The molecule has 0 spiro atoms. The van der Waals surface area contributed by atoms with Crippen LogP contribution in [-0.4, -0.2) is 0 Å². The van der Waals surface area contributed by atoms with Crippen molar-refractivity contribution in [3.63, 3.8) is 0 Å². The number of thiophene rings is 1. The number of fused-ring (bicyclic) bond motifs is 1. The van der Waals surface area contributed by atoms with Gasteiger partial charge in [0.25, 0.3) is 0 Å². The third-order valence-electron chi connectivity index (χ3n) is 3.26. The van der Waals surface area contributed by atoms with Gasteiger partial charge in [-0.05, 0) is 47.7 Å². The second-order valence-electron chi connectivity index (χ2n) is 4.73. The molecule has 0 saturated carbocycles. The van der Waals surface area contributed by atoms with E-state index in [1.165, 1.54) is 11.6 Å². The number of hydrogen-bond acceptors (Lipinski definition) is 2. The van der Waals surface area contributed by atoms with Crippen LogP contribution in [0, 0.1) is 5.82 Å². The molecule has 0 bridgehead atoms. The van der Waals surface area contributed by atoms with Crippen molar-refractivity contribution >= 4 is 37.4 Å². The van der Waals surface area contributed by atoms with Gasteiger partial charge in [-0.25, -0.2) is 4.39 Å². The molecule has 3 aromatic rings. The van der Waals surface area contributed by atoms with Crippen molar-refractivity contribution in [1.82, 2.24) is 0 Å². The Labute approximate surface area is 129 Å². The number of halogens is 2. The second kappa shape index (κ2) is 5.64. The molecule has 1 atom stereocenters. The minimum absolute atomic E-state index is 0.0749. The van der Waals surface area contributed by atoms with Crippen LogP contribution in [0.15, 0.2) is 53.0 Å². The monoisotopic (exact) mass is 349 g/mol. The van der Waals surface area contributed by atoms with Crippen molar-refractivity contribution in [2.45, 2.75) is 12.5 Å². The van der Waals surface area contributed by atoms with E-state index in [1.807, 2.05) is 30.3 Å². The number of hydrogen-bond donors (Lipinski definition) is 1. The molecule has 0 saturated heterocycles. The molecule has 1 heterocycles. The van der Waals surface area contributed by atoms with Crippen molar-refractivity contribution in [1.29, 1.82) is 0 Å². The van der Waals surface area contributed by atoms with Gasteiger partial charge in [-0.1, -0.05) is 34.1 Å². The Balaban J connectivity index is 1.89. The Hall–Kier alpha value is -1.23. The number of nitrogens with two attached hydrogens (primary N) is 1. The molecule has 1 aromatic heterocycles. The van der Waals surface area contributed by atoms with Crippen LogP contribution in [0.2, 0.25) is 0 Å². The Bertz CT molecular complexity index is 753. The molecule has 20 heavy (non-hydrogen) atoms. The van der Waals surface area contributed by atoms with Crippen molar-refractivity contribution < 1.29 is 4.39 Å². The van der Waals surface area contributed by atoms with Crippen molar-refractivity contribution in [3.8, 4) is 0 Å². The van der Waals surface area contributed by atoms with Crippen LogP contribution in [0.25, 0.3) is 10.1 Å². The minimum Gasteiger partial charge on any atom is -0.323 e. The maximum atomic E-state index is 13.2. The molecular weight excluding hydrogens is 337 g/mol. The standard InChI is InChI=1S/C16H13BrFNS/c17-13-4-2-1-3-10(13)8-14(19)16-9-11-7-12(18)5-6-15(11)20-16/h1-7,9,14H,8,19H2. The first-order valence-corrected chi connectivity index (χ1v) is 7.92. The van der Waals surface area contributed by atoms with E-state index in [4.69, 9.17) is 5.73 Å². The third-order valence-corrected chi connectivity index (χ3v) is 5.28. The summed E-state index contributed by atoms with van der Waals surface area (Å²) in [5.74, 6) is -0.207. The lowest BCUT2D eigenvalue weighted by Gasteiger charge is -2.10. The molecule has 0 aliphatic heterocycles. The van der Waals surface area contributed by atoms with E-state index < -0.39 is 0 Å². The van der Waals surface area contributed by atoms with Gasteiger partial charge in [0.2, 0.25) is 0 Å². The number of rotatable bonds is 3. The van der Waals surface area contributed by atoms with Gasteiger partial charge in [-0.15, -0.1) is 11.3 Å². The fraction of sp³-hybridized carbons (Fsp3) is 0.125. The van der Waals surface area contributed by atoms with Crippen LogP contribution in [0.1, 0.15) is 16.5 Å². The molecule has 0 radical (unpaired) electrons. The molecule has 0 aliphatic rings. The first-order chi connectivity index (χ1) is 9.63. The predicted octanol–water partition coefficient (Wildman–Crippen LogP) is 5.05. The van der Waals surface area contributed by atoms with Gasteiger partial charge in [-0.3, -0.25) is 0 Å². The van der Waals surface area contributed by atoms with Crippen LogP contribution < -0.4 is 5.73 Å². The van der Waals surface area contributed by atoms with E-state index >= 15 is 0 Å². The van der Waals surface area contributed by atoms with Gasteiger partial charge in [-0.2, -0.15) is 0 Å². The van der Waals surface area contributed by atoms with E-state index in [1.54, 1.807) is 17.4 Å². The van der Waals surface area contributed by atoms with Gasteiger partial charge in [0, 0.05) is 20.1 Å². The second-order valence-corrected chi connectivity index (χ2v) is 6.70. The van der Waals surface area contributed by atoms with Gasteiger partial charge < -0.3 is 5.73 Å². The highest BCUT2D eigenvalue weighted by atomic mass is 79.9. The minimum atomic E-state index is -0.207. The summed E-state index contributed by atoms with van der Waals surface area (Å²) >= 11 is 5.17. The molecule has 1 nitrogen and oxygen atoms in total. The van der Waals surface area contributed by atoms with Gasteiger partial charge in [0.15, 0.2) is 0 Å². The van der Waals surface area contributed by atoms with E-state index in [9.17, 15) is 4.39 Å². The lowest BCUT2D eigenvalue weighted by Crippen LogP contribution is -2.11. The summed E-state index contributed by atoms with van der Waals surface area (Å²) in [6.45, 7) is 0. The molecule has 102 valence electrons. The Morgan fingerprint density at radius 3 is 2.75 bits per heavy atom. The first-order valence-electron chi connectivity index (χ1n) is 6.31. The fourth-order valence-electron chi connectivity index (χ4n) is 2.22. The zero-order chi connectivity index (χ0) is 14.1. The normalized spacial score (nSPS) is 12.8. The average molecular weight is 350 g/mol. The van der Waals surface area contributed by atoms with Crippen LogP contribution in [0.5, 0.6) is 0 Å². The largest absolute Gasteiger partial charge is 0.323 e. The van der Waals surface area contributed by atoms with Crippen LogP contribution in [-0.2, 0) is 6.42 Å². The highest BCUT2D eigenvalue weighted by Crippen LogP contribution is 2.31.